The van der Waals surface area contributed by atoms with Gasteiger partial charge in [-0.1, -0.05) is 6.07 Å². The van der Waals surface area contributed by atoms with E-state index in [1.54, 1.807) is 0 Å². The molecule has 1 aromatic carbocycles. The minimum atomic E-state index is -1.42. The molecule has 0 spiro atoms. The molecule has 2 N–H and O–H groups in total. The molecule has 0 aliphatic rings. The fourth-order valence-corrected chi connectivity index (χ4v) is 0.785. The molecular weight excluding hydrogens is 224 g/mol. The molecule has 0 aromatic heterocycles. The lowest BCUT2D eigenvalue weighted by Gasteiger charge is -1.95. The van der Waals surface area contributed by atoms with Gasteiger partial charge >= 0.3 is 11.9 Å². The zero-order valence-corrected chi connectivity index (χ0v) is 8.34. The number of rotatable bonds is 2. The van der Waals surface area contributed by atoms with Crippen LogP contribution in [0.15, 0.2) is 24.3 Å². The molecule has 0 aliphatic heterocycles. The van der Waals surface area contributed by atoms with E-state index in [-0.39, 0.29) is 11.1 Å². The summed E-state index contributed by atoms with van der Waals surface area (Å²) in [6.45, 7) is 0. The van der Waals surface area contributed by atoms with Gasteiger partial charge < -0.3 is 10.2 Å². The Hall–Kier alpha value is -1.89. The minimum absolute atomic E-state index is 0.0186. The van der Waals surface area contributed by atoms with Crippen molar-refractivity contribution in [1.82, 2.24) is 0 Å². The maximum absolute atomic E-state index is 10.4. The van der Waals surface area contributed by atoms with Gasteiger partial charge in [-0.2, -0.15) is 0 Å². The van der Waals surface area contributed by atoms with Crippen LogP contribution in [0.2, 0.25) is 0 Å². The summed E-state index contributed by atoms with van der Waals surface area (Å²) in [4.78, 5) is 20.8. The number of benzene rings is 1. The van der Waals surface area contributed by atoms with Crippen molar-refractivity contribution in [2.75, 3.05) is 0 Å². The van der Waals surface area contributed by atoms with Crippen molar-refractivity contribution >= 4 is 23.5 Å². The summed E-state index contributed by atoms with van der Waals surface area (Å²) in [5.74, 6) is -2.25. The number of aromatic carboxylic acids is 2. The summed E-state index contributed by atoms with van der Waals surface area (Å²) in [7, 11) is 0. The summed E-state index contributed by atoms with van der Waals surface area (Å²) in [5.41, 5.74) is -0.0372. The van der Waals surface area contributed by atoms with E-state index >= 15 is 0 Å². The summed E-state index contributed by atoms with van der Waals surface area (Å²) in [6.07, 6.45) is 0. The Morgan fingerprint density at radius 1 is 1.00 bits per heavy atom. The van der Waals surface area contributed by atoms with Gasteiger partial charge in [-0.15, -0.1) is 0 Å². The molecule has 82 valence electrons. The van der Waals surface area contributed by atoms with E-state index < -0.39 is 23.5 Å². The van der Waals surface area contributed by atoms with Crippen LogP contribution in [-0.2, 0) is 11.6 Å². The third kappa shape index (κ3) is 4.77. The first-order valence-electron chi connectivity index (χ1n) is 3.59. The smallest absolute Gasteiger partial charge is 0.335 e. The van der Waals surface area contributed by atoms with Gasteiger partial charge in [0, 0.05) is 0 Å². The molecule has 0 bridgehead atoms. The minimum Gasteiger partial charge on any atom is -0.478 e. The van der Waals surface area contributed by atoms with Crippen LogP contribution in [0.1, 0.15) is 20.7 Å². The van der Waals surface area contributed by atoms with Gasteiger partial charge in [0.05, 0.1) is 11.1 Å². The Bertz CT molecular complexity index is 378. The second-order valence-electron chi connectivity index (χ2n) is 2.27. The van der Waals surface area contributed by atoms with E-state index in [1.807, 2.05) is 0 Å². The third-order valence-corrected chi connectivity index (χ3v) is 1.36. The Morgan fingerprint density at radius 2 is 1.33 bits per heavy atom. The molecule has 0 fully saturated rings. The first kappa shape index (κ1) is 13.1. The predicted molar refractivity (Wildman–Crippen MR) is 52.1 cm³/mol. The fourth-order valence-electron chi connectivity index (χ4n) is 0.785. The van der Waals surface area contributed by atoms with Gasteiger partial charge in [0.1, 0.15) is 11.6 Å². The molecule has 0 saturated heterocycles. The molecule has 7 heteroatoms. The quantitative estimate of drug-likeness (QED) is 0.735. The van der Waals surface area contributed by atoms with E-state index in [1.165, 1.54) is 18.2 Å². The Kier molecular flexibility index (Phi) is 5.72. The highest BCUT2D eigenvalue weighted by atomic mass is 32.1. The third-order valence-electron chi connectivity index (χ3n) is 1.36. The predicted octanol–water partition coefficient (Wildman–Crippen LogP) is -0.123. The Labute approximate surface area is 87.8 Å². The lowest BCUT2D eigenvalue weighted by molar-refractivity contribution is 0.0696. The van der Waals surface area contributed by atoms with Crippen LogP contribution in [0, 0.1) is 0 Å². The van der Waals surface area contributed by atoms with Crippen LogP contribution in [0.4, 0.5) is 0 Å². The molecule has 0 atom stereocenters. The second kappa shape index (κ2) is 6.55. The second-order valence-corrected chi connectivity index (χ2v) is 2.44. The summed E-state index contributed by atoms with van der Waals surface area (Å²) >= 11 is -1.42. The molecule has 0 unspecified atom stereocenters. The molecule has 1 rings (SSSR count). The number of carboxylic acids is 2. The van der Waals surface area contributed by atoms with Crippen LogP contribution in [-0.4, -0.2) is 30.6 Å². The van der Waals surface area contributed by atoms with Crippen molar-refractivity contribution in [3.8, 4) is 0 Å². The summed E-state index contributed by atoms with van der Waals surface area (Å²) in [5, 5.41) is 17.0. The largest absolute Gasteiger partial charge is 0.478 e. The first-order chi connectivity index (χ1) is 7.02. The van der Waals surface area contributed by atoms with Crippen LogP contribution in [0.3, 0.4) is 0 Å². The average molecular weight is 232 g/mol. The van der Waals surface area contributed by atoms with E-state index in [9.17, 15) is 9.59 Å². The van der Waals surface area contributed by atoms with Crippen molar-refractivity contribution in [2.24, 2.45) is 0 Å². The molecule has 0 amide bonds. The highest BCUT2D eigenvalue weighted by Gasteiger charge is 2.06. The topological polar surface area (TPSA) is 109 Å². The van der Waals surface area contributed by atoms with E-state index in [4.69, 9.17) is 18.6 Å². The van der Waals surface area contributed by atoms with E-state index in [0.29, 0.717) is 0 Å². The summed E-state index contributed by atoms with van der Waals surface area (Å²) < 4.78 is 16.8. The van der Waals surface area contributed by atoms with Crippen LogP contribution < -0.4 is 0 Å². The molecule has 15 heavy (non-hydrogen) atoms. The van der Waals surface area contributed by atoms with Crippen LogP contribution >= 0.6 is 0 Å². The molecule has 0 saturated carbocycles. The zero-order valence-electron chi connectivity index (χ0n) is 7.34. The standard InChI is InChI=1S/C8H6O4.H2O2S/c9-7(10)5-2-1-3-6(4-5)8(11)12;1-3-2/h1-4H,(H,9,10)(H,11,12);3H2. The fraction of sp³-hybridized carbons (Fsp3) is 0. The lowest BCUT2D eigenvalue weighted by atomic mass is 10.1. The number of carboxylic acid groups (broad SMARTS) is 2. The summed E-state index contributed by atoms with van der Waals surface area (Å²) in [6, 6.07) is 5.20. The monoisotopic (exact) mass is 232 g/mol. The Balaban J connectivity index is 0.000000583. The van der Waals surface area contributed by atoms with Gasteiger partial charge in [-0.3, -0.25) is 0 Å². The van der Waals surface area contributed by atoms with Crippen molar-refractivity contribution in [2.45, 2.75) is 0 Å². The van der Waals surface area contributed by atoms with Gasteiger partial charge in [0.25, 0.3) is 0 Å². The molecular formula is C8H8O6S. The number of carbonyl (C=O) groups is 2. The molecule has 0 radical (unpaired) electrons. The van der Waals surface area contributed by atoms with E-state index in [0.717, 1.165) is 6.07 Å². The first-order valence-corrected chi connectivity index (χ1v) is 4.40. The van der Waals surface area contributed by atoms with Crippen LogP contribution in [0.25, 0.3) is 0 Å². The number of hydrogen-bond acceptors (Lipinski definition) is 4. The average Bonchev–Trinajstić information content (AvgIpc) is 2.19. The van der Waals surface area contributed by atoms with Crippen molar-refractivity contribution in [3.05, 3.63) is 35.4 Å². The molecule has 0 aliphatic carbocycles. The van der Waals surface area contributed by atoms with E-state index in [2.05, 4.69) is 0 Å². The lowest BCUT2D eigenvalue weighted by Crippen LogP contribution is -2.01. The van der Waals surface area contributed by atoms with Gasteiger partial charge in [-0.05, 0) is 18.2 Å². The Morgan fingerprint density at radius 3 is 1.60 bits per heavy atom. The van der Waals surface area contributed by atoms with Crippen LogP contribution in [0.5, 0.6) is 0 Å². The molecule has 6 nitrogen and oxygen atoms in total. The maximum Gasteiger partial charge on any atom is 0.335 e. The highest BCUT2D eigenvalue weighted by Crippen LogP contribution is 2.04. The van der Waals surface area contributed by atoms with Crippen molar-refractivity contribution in [3.63, 3.8) is 0 Å². The normalized spacial score (nSPS) is 8.53. The van der Waals surface area contributed by atoms with Gasteiger partial charge in [-0.25, -0.2) is 18.0 Å². The number of hydrogen-bond donors (Lipinski definition) is 2. The SMILES string of the molecule is O=C(O)c1cccc(C(=O)O)c1.O=[SH2]=O. The maximum atomic E-state index is 10.4. The van der Waals surface area contributed by atoms with Crippen molar-refractivity contribution < 1.29 is 28.2 Å². The zero-order chi connectivity index (χ0) is 11.8. The van der Waals surface area contributed by atoms with Gasteiger partial charge in [0.15, 0.2) is 0 Å². The van der Waals surface area contributed by atoms with Crippen molar-refractivity contribution in [1.29, 1.82) is 0 Å². The molecule has 0 heterocycles. The molecule has 1 aromatic rings. The van der Waals surface area contributed by atoms with Gasteiger partial charge in [0.2, 0.25) is 0 Å². The highest BCUT2D eigenvalue weighted by molar-refractivity contribution is 7.51.